The predicted octanol–water partition coefficient (Wildman–Crippen LogP) is 4.48. The Morgan fingerprint density at radius 1 is 0.628 bits per heavy atom. The van der Waals surface area contributed by atoms with Crippen molar-refractivity contribution in [2.24, 2.45) is 0 Å². The zero-order valence-electron chi connectivity index (χ0n) is 23.3. The van der Waals surface area contributed by atoms with Crippen LogP contribution in [0, 0.1) is 0 Å². The maximum absolute atomic E-state index is 13.4. The number of imidazole rings is 1. The summed E-state index contributed by atoms with van der Waals surface area (Å²) in [6, 6.07) is 22.9. The van der Waals surface area contributed by atoms with Crippen LogP contribution in [0.15, 0.2) is 88.7 Å². The van der Waals surface area contributed by atoms with Crippen LogP contribution in [-0.4, -0.2) is 50.4 Å². The normalized spacial score (nSPS) is 12.1. The molecule has 4 aromatic carbocycles. The largest absolute Gasteiger partial charge is 0.384 e. The van der Waals surface area contributed by atoms with E-state index in [1.165, 1.54) is 0 Å². The zero-order valence-corrected chi connectivity index (χ0v) is 23.3. The van der Waals surface area contributed by atoms with E-state index in [4.69, 9.17) is 0 Å². The molecule has 8 rings (SSSR count). The van der Waals surface area contributed by atoms with Crippen molar-refractivity contribution >= 4 is 66.0 Å². The van der Waals surface area contributed by atoms with Gasteiger partial charge in [0.1, 0.15) is 17.4 Å². The van der Waals surface area contributed by atoms with E-state index in [9.17, 15) is 9.59 Å². The summed E-state index contributed by atoms with van der Waals surface area (Å²) in [7, 11) is 0. The number of nitrogens with one attached hydrogen (secondary N) is 3. The molecule has 0 radical (unpaired) electrons. The summed E-state index contributed by atoms with van der Waals surface area (Å²) in [4.78, 5) is 31.3. The highest BCUT2D eigenvalue weighted by molar-refractivity contribution is 6.07. The van der Waals surface area contributed by atoms with E-state index in [0.717, 1.165) is 78.0 Å². The summed E-state index contributed by atoms with van der Waals surface area (Å²) in [5.41, 5.74) is 6.45. The molecule has 0 aliphatic rings. The Balaban J connectivity index is 0.879. The molecule has 0 atom stereocenters. The Hall–Kier alpha value is -5.35. The minimum absolute atomic E-state index is 0.00668. The average Bonchev–Trinajstić information content (AvgIpc) is 3.68. The van der Waals surface area contributed by atoms with Crippen LogP contribution in [0.1, 0.15) is 12.8 Å². The van der Waals surface area contributed by atoms with Gasteiger partial charge in [-0.25, -0.2) is 9.50 Å². The van der Waals surface area contributed by atoms with Gasteiger partial charge < -0.3 is 16.0 Å². The predicted molar refractivity (Wildman–Crippen MR) is 172 cm³/mol. The topological polar surface area (TPSA) is 118 Å². The van der Waals surface area contributed by atoms with Gasteiger partial charge in [0.25, 0.3) is 0 Å². The Morgan fingerprint density at radius 2 is 1.23 bits per heavy atom. The first kappa shape index (κ1) is 25.4. The molecule has 10 nitrogen and oxygen atoms in total. The van der Waals surface area contributed by atoms with E-state index >= 15 is 0 Å². The summed E-state index contributed by atoms with van der Waals surface area (Å²) in [6.45, 7) is 3.14. The number of para-hydroxylation sites is 2. The fourth-order valence-corrected chi connectivity index (χ4v) is 6.22. The van der Waals surface area contributed by atoms with Crippen molar-refractivity contribution < 1.29 is 0 Å². The molecular weight excluding hydrogens is 540 g/mol. The van der Waals surface area contributed by atoms with Gasteiger partial charge in [-0.05, 0) is 74.5 Å². The quantitative estimate of drug-likeness (QED) is 0.163. The highest BCUT2D eigenvalue weighted by Gasteiger charge is 2.18. The molecule has 8 aromatic rings. The fraction of sp³-hybridized carbons (Fsp3) is 0.182. The Morgan fingerprint density at radius 3 is 1.95 bits per heavy atom. The van der Waals surface area contributed by atoms with Crippen molar-refractivity contribution in [3.63, 3.8) is 0 Å². The van der Waals surface area contributed by atoms with Gasteiger partial charge in [0.2, 0.25) is 0 Å². The molecule has 0 fully saturated rings. The van der Waals surface area contributed by atoms with Gasteiger partial charge >= 0.3 is 0 Å². The Bertz CT molecular complexity index is 2230. The number of benzene rings is 4. The lowest BCUT2D eigenvalue weighted by atomic mass is 10.1. The van der Waals surface area contributed by atoms with E-state index in [1.54, 1.807) is 10.8 Å². The molecule has 4 heterocycles. The highest BCUT2D eigenvalue weighted by atomic mass is 16.1. The van der Waals surface area contributed by atoms with E-state index in [0.29, 0.717) is 27.1 Å². The number of rotatable bonds is 10. The molecule has 0 aliphatic carbocycles. The lowest BCUT2D eigenvalue weighted by molar-refractivity contribution is 0.643. The summed E-state index contributed by atoms with van der Waals surface area (Å²) in [5.74, 6) is 0. The van der Waals surface area contributed by atoms with E-state index in [-0.39, 0.29) is 10.9 Å². The van der Waals surface area contributed by atoms with Crippen LogP contribution >= 0.6 is 0 Å². The molecule has 10 heteroatoms. The van der Waals surface area contributed by atoms with Crippen LogP contribution in [-0.2, 0) is 0 Å². The molecule has 4 aromatic heterocycles. The van der Waals surface area contributed by atoms with Gasteiger partial charge in [0, 0.05) is 35.2 Å². The van der Waals surface area contributed by atoms with Crippen LogP contribution in [0.4, 0.5) is 11.4 Å². The smallest absolute Gasteiger partial charge is 0.199 e. The minimum atomic E-state index is -0.00668. The fourth-order valence-electron chi connectivity index (χ4n) is 6.22. The molecular formula is C33H28N8O2. The number of aromatic nitrogens is 5. The maximum atomic E-state index is 13.4. The van der Waals surface area contributed by atoms with Gasteiger partial charge in [0.15, 0.2) is 10.9 Å². The monoisotopic (exact) mass is 568 g/mol. The number of anilines is 2. The number of fused-ring (bicyclic) bond motifs is 4. The summed E-state index contributed by atoms with van der Waals surface area (Å²) in [6.07, 6.45) is 3.59. The van der Waals surface area contributed by atoms with Crippen LogP contribution in [0.3, 0.4) is 0 Å². The first-order chi connectivity index (χ1) is 21.2. The third-order valence-corrected chi connectivity index (χ3v) is 8.25. The molecule has 0 unspecified atom stereocenters. The van der Waals surface area contributed by atoms with Gasteiger partial charge in [-0.1, -0.05) is 29.5 Å². The summed E-state index contributed by atoms with van der Waals surface area (Å²) >= 11 is 0. The van der Waals surface area contributed by atoms with Crippen LogP contribution < -0.4 is 26.8 Å². The molecule has 0 bridgehead atoms. The lowest BCUT2D eigenvalue weighted by Crippen LogP contribution is -2.21. The molecule has 0 saturated carbocycles. The SMILES string of the molecule is O=c1c2ccccc2n2cnc3ccc(NCCCNCCCNc4ccc5nnn6c7ccccc7c(=O)c4c56)c1c32. The standard InChI is InChI=1S/C33H28N8O2/c42-32-20-7-1-3-9-26(20)40-19-37-24-13-11-22(28(32)30(24)40)35-17-5-15-34-16-6-18-36-23-12-14-25-31-29(23)33(43)21-8-2-4-10-27(21)41(31)39-38-25/h1-4,7-14,19,34-36H,5-6,15-18H2. The molecule has 0 amide bonds. The van der Waals surface area contributed by atoms with E-state index < -0.39 is 0 Å². The van der Waals surface area contributed by atoms with Crippen molar-refractivity contribution in [2.75, 3.05) is 36.8 Å². The molecule has 43 heavy (non-hydrogen) atoms. The van der Waals surface area contributed by atoms with Crippen molar-refractivity contribution in [1.82, 2.24) is 29.5 Å². The molecule has 3 N–H and O–H groups in total. The van der Waals surface area contributed by atoms with Crippen LogP contribution in [0.2, 0.25) is 0 Å². The van der Waals surface area contributed by atoms with Crippen LogP contribution in [0.25, 0.3) is 54.6 Å². The molecule has 0 aliphatic heterocycles. The lowest BCUT2D eigenvalue weighted by Gasteiger charge is -2.12. The van der Waals surface area contributed by atoms with Crippen molar-refractivity contribution in [3.8, 4) is 0 Å². The summed E-state index contributed by atoms with van der Waals surface area (Å²) in [5, 5.41) is 21.6. The second kappa shape index (κ2) is 10.2. The first-order valence-corrected chi connectivity index (χ1v) is 14.6. The second-order valence-electron chi connectivity index (χ2n) is 10.8. The number of nitrogens with zero attached hydrogens (tertiary/aromatic N) is 5. The second-order valence-corrected chi connectivity index (χ2v) is 10.8. The van der Waals surface area contributed by atoms with Crippen LogP contribution in [0.5, 0.6) is 0 Å². The Labute approximate surface area is 244 Å². The van der Waals surface area contributed by atoms with Crippen molar-refractivity contribution in [2.45, 2.75) is 12.8 Å². The molecule has 0 spiro atoms. The van der Waals surface area contributed by atoms with Gasteiger partial charge in [-0.15, -0.1) is 5.10 Å². The van der Waals surface area contributed by atoms with Gasteiger partial charge in [0.05, 0.1) is 32.8 Å². The third kappa shape index (κ3) is 4.02. The molecule has 0 saturated heterocycles. The zero-order chi connectivity index (χ0) is 28.9. The minimum Gasteiger partial charge on any atom is -0.384 e. The molecule has 212 valence electrons. The number of hydrogen-bond donors (Lipinski definition) is 3. The third-order valence-electron chi connectivity index (χ3n) is 8.25. The highest BCUT2D eigenvalue weighted by Crippen LogP contribution is 2.29. The maximum Gasteiger partial charge on any atom is 0.199 e. The van der Waals surface area contributed by atoms with E-state index in [2.05, 4.69) is 31.2 Å². The van der Waals surface area contributed by atoms with Gasteiger partial charge in [-0.3, -0.25) is 14.0 Å². The number of pyridine rings is 2. The number of hydrogen-bond acceptors (Lipinski definition) is 8. The average molecular weight is 569 g/mol. The Kier molecular flexibility index (Phi) is 6.00. The van der Waals surface area contributed by atoms with Gasteiger partial charge in [-0.2, -0.15) is 0 Å². The first-order valence-electron chi connectivity index (χ1n) is 14.6. The summed E-state index contributed by atoms with van der Waals surface area (Å²) < 4.78 is 3.77. The van der Waals surface area contributed by atoms with Crippen molar-refractivity contribution in [3.05, 3.63) is 99.6 Å². The van der Waals surface area contributed by atoms with E-state index in [1.807, 2.05) is 77.2 Å². The van der Waals surface area contributed by atoms with Crippen molar-refractivity contribution in [1.29, 1.82) is 0 Å².